The Morgan fingerprint density at radius 2 is 2.06 bits per heavy atom. The SMILES string of the molecule is CC(C)(C)CCNc1cccc(Cl)c1[N+](=O)[O-]. The van der Waals surface area contributed by atoms with Gasteiger partial charge in [-0.15, -0.1) is 0 Å². The molecule has 0 radical (unpaired) electrons. The monoisotopic (exact) mass is 256 g/mol. The molecule has 5 heteroatoms. The summed E-state index contributed by atoms with van der Waals surface area (Å²) in [5.41, 5.74) is 0.621. The van der Waals surface area contributed by atoms with Gasteiger partial charge in [0.15, 0.2) is 0 Å². The van der Waals surface area contributed by atoms with Crippen molar-refractivity contribution in [3.05, 3.63) is 33.3 Å². The third-order valence-electron chi connectivity index (χ3n) is 2.36. The van der Waals surface area contributed by atoms with Crippen molar-refractivity contribution in [2.45, 2.75) is 27.2 Å². The Morgan fingerprint density at radius 3 is 2.59 bits per heavy atom. The minimum atomic E-state index is -0.457. The van der Waals surface area contributed by atoms with Crippen LogP contribution in [0.15, 0.2) is 18.2 Å². The molecule has 0 atom stereocenters. The zero-order valence-corrected chi connectivity index (χ0v) is 11.0. The van der Waals surface area contributed by atoms with Gasteiger partial charge in [-0.3, -0.25) is 10.1 Å². The molecule has 1 aromatic carbocycles. The van der Waals surface area contributed by atoms with Gasteiger partial charge in [0.2, 0.25) is 0 Å². The molecule has 0 aliphatic rings. The molecule has 0 bridgehead atoms. The van der Waals surface area contributed by atoms with E-state index in [9.17, 15) is 10.1 Å². The van der Waals surface area contributed by atoms with Crippen LogP contribution in [0.25, 0.3) is 0 Å². The molecule has 0 heterocycles. The Kier molecular flexibility index (Phi) is 4.34. The molecule has 94 valence electrons. The first-order valence-electron chi connectivity index (χ1n) is 5.48. The summed E-state index contributed by atoms with van der Waals surface area (Å²) in [6.07, 6.45) is 0.927. The Morgan fingerprint density at radius 1 is 1.41 bits per heavy atom. The van der Waals surface area contributed by atoms with Crippen molar-refractivity contribution < 1.29 is 4.92 Å². The summed E-state index contributed by atoms with van der Waals surface area (Å²) in [5, 5.41) is 14.1. The molecule has 0 aliphatic carbocycles. The van der Waals surface area contributed by atoms with E-state index in [2.05, 4.69) is 26.1 Å². The predicted octanol–water partition coefficient (Wildman–Crippen LogP) is 4.10. The number of nitrogens with zero attached hydrogens (tertiary/aromatic N) is 1. The van der Waals surface area contributed by atoms with Crippen LogP contribution in [0.5, 0.6) is 0 Å². The predicted molar refractivity (Wildman–Crippen MR) is 70.7 cm³/mol. The third-order valence-corrected chi connectivity index (χ3v) is 2.66. The fourth-order valence-corrected chi connectivity index (χ4v) is 1.66. The number of rotatable bonds is 4. The molecule has 0 amide bonds. The highest BCUT2D eigenvalue weighted by Crippen LogP contribution is 2.32. The van der Waals surface area contributed by atoms with Gasteiger partial charge >= 0.3 is 5.69 Å². The van der Waals surface area contributed by atoms with Crippen LogP contribution in [0.3, 0.4) is 0 Å². The quantitative estimate of drug-likeness (QED) is 0.652. The number of halogens is 1. The summed E-state index contributed by atoms with van der Waals surface area (Å²) in [6.45, 7) is 7.06. The Balaban J connectivity index is 2.78. The average molecular weight is 257 g/mol. The second-order valence-corrected chi connectivity index (χ2v) is 5.54. The van der Waals surface area contributed by atoms with Gasteiger partial charge in [0.05, 0.1) is 4.92 Å². The van der Waals surface area contributed by atoms with Crippen LogP contribution >= 0.6 is 11.6 Å². The van der Waals surface area contributed by atoms with E-state index in [-0.39, 0.29) is 16.1 Å². The number of nitro benzene ring substituents is 1. The molecular weight excluding hydrogens is 240 g/mol. The summed E-state index contributed by atoms with van der Waals surface area (Å²) in [7, 11) is 0. The molecule has 17 heavy (non-hydrogen) atoms. The first-order valence-corrected chi connectivity index (χ1v) is 5.86. The fraction of sp³-hybridized carbons (Fsp3) is 0.500. The topological polar surface area (TPSA) is 55.2 Å². The van der Waals surface area contributed by atoms with Crippen molar-refractivity contribution in [1.82, 2.24) is 0 Å². The van der Waals surface area contributed by atoms with Crippen molar-refractivity contribution >= 4 is 23.0 Å². The lowest BCUT2D eigenvalue weighted by molar-refractivity contribution is -0.383. The lowest BCUT2D eigenvalue weighted by Gasteiger charge is -2.18. The molecule has 0 saturated heterocycles. The summed E-state index contributed by atoms with van der Waals surface area (Å²) in [4.78, 5) is 10.4. The van der Waals surface area contributed by atoms with Crippen LogP contribution in [0.2, 0.25) is 5.02 Å². The Hall–Kier alpha value is -1.29. The van der Waals surface area contributed by atoms with E-state index in [1.165, 1.54) is 6.07 Å². The van der Waals surface area contributed by atoms with E-state index < -0.39 is 4.92 Å². The van der Waals surface area contributed by atoms with Crippen LogP contribution < -0.4 is 5.32 Å². The highest BCUT2D eigenvalue weighted by molar-refractivity contribution is 6.33. The molecule has 1 rings (SSSR count). The first kappa shape index (κ1) is 13.8. The normalized spacial score (nSPS) is 11.3. The van der Waals surface area contributed by atoms with E-state index >= 15 is 0 Å². The average Bonchev–Trinajstić information content (AvgIpc) is 2.14. The Labute approximate surface area is 106 Å². The number of para-hydroxylation sites is 1. The van der Waals surface area contributed by atoms with Gasteiger partial charge in [0.1, 0.15) is 10.7 Å². The number of hydrogen-bond donors (Lipinski definition) is 1. The zero-order chi connectivity index (χ0) is 13.1. The van der Waals surface area contributed by atoms with Gasteiger partial charge in [-0.1, -0.05) is 38.4 Å². The van der Waals surface area contributed by atoms with Crippen LogP contribution in [0, 0.1) is 15.5 Å². The standard InChI is InChI=1S/C12H17ClN2O2/c1-12(2,3)7-8-14-10-6-4-5-9(13)11(10)15(16)17/h4-6,14H,7-8H2,1-3H3. The van der Waals surface area contributed by atoms with E-state index in [0.29, 0.717) is 12.2 Å². The Bertz CT molecular complexity index is 413. The summed E-state index contributed by atoms with van der Waals surface area (Å²) < 4.78 is 0. The maximum atomic E-state index is 10.9. The molecule has 0 fully saturated rings. The van der Waals surface area contributed by atoms with Crippen molar-refractivity contribution in [1.29, 1.82) is 0 Å². The summed E-state index contributed by atoms with van der Waals surface area (Å²) in [5.74, 6) is 0. The molecule has 0 aliphatic heterocycles. The minimum absolute atomic E-state index is 0.0527. The van der Waals surface area contributed by atoms with Crippen LogP contribution in [0.4, 0.5) is 11.4 Å². The maximum Gasteiger partial charge on any atom is 0.310 e. The maximum absolute atomic E-state index is 10.9. The van der Waals surface area contributed by atoms with Gasteiger partial charge < -0.3 is 5.32 Å². The molecular formula is C12H17ClN2O2. The highest BCUT2D eigenvalue weighted by Gasteiger charge is 2.18. The van der Waals surface area contributed by atoms with Crippen molar-refractivity contribution in [2.75, 3.05) is 11.9 Å². The molecule has 4 nitrogen and oxygen atoms in total. The van der Waals surface area contributed by atoms with Gasteiger partial charge in [-0.05, 0) is 24.0 Å². The van der Waals surface area contributed by atoms with Crippen LogP contribution in [0.1, 0.15) is 27.2 Å². The third kappa shape index (κ3) is 4.23. The lowest BCUT2D eigenvalue weighted by atomic mass is 9.92. The fourth-order valence-electron chi connectivity index (χ4n) is 1.42. The van der Waals surface area contributed by atoms with E-state index in [1.54, 1.807) is 12.1 Å². The van der Waals surface area contributed by atoms with Crippen LogP contribution in [-0.4, -0.2) is 11.5 Å². The number of nitro groups is 1. The van der Waals surface area contributed by atoms with Gasteiger partial charge in [-0.25, -0.2) is 0 Å². The van der Waals surface area contributed by atoms with Gasteiger partial charge in [0.25, 0.3) is 0 Å². The van der Waals surface area contributed by atoms with Gasteiger partial charge in [0, 0.05) is 6.54 Å². The molecule has 0 unspecified atom stereocenters. The number of anilines is 1. The van der Waals surface area contributed by atoms with Crippen LogP contribution in [-0.2, 0) is 0 Å². The van der Waals surface area contributed by atoms with Crippen molar-refractivity contribution in [3.8, 4) is 0 Å². The number of nitrogens with one attached hydrogen (secondary N) is 1. The molecule has 1 aromatic rings. The van der Waals surface area contributed by atoms with Crippen molar-refractivity contribution in [3.63, 3.8) is 0 Å². The molecule has 0 saturated carbocycles. The van der Waals surface area contributed by atoms with Crippen molar-refractivity contribution in [2.24, 2.45) is 5.41 Å². The highest BCUT2D eigenvalue weighted by atomic mass is 35.5. The lowest BCUT2D eigenvalue weighted by Crippen LogP contribution is -2.13. The molecule has 0 spiro atoms. The smallest absolute Gasteiger partial charge is 0.310 e. The summed E-state index contributed by atoms with van der Waals surface area (Å²) in [6, 6.07) is 4.90. The molecule has 1 N–H and O–H groups in total. The zero-order valence-electron chi connectivity index (χ0n) is 10.3. The van der Waals surface area contributed by atoms with E-state index in [4.69, 9.17) is 11.6 Å². The largest absolute Gasteiger partial charge is 0.379 e. The molecule has 0 aromatic heterocycles. The van der Waals surface area contributed by atoms with E-state index in [0.717, 1.165) is 6.42 Å². The van der Waals surface area contributed by atoms with Gasteiger partial charge in [-0.2, -0.15) is 0 Å². The first-order chi connectivity index (χ1) is 7.81. The second kappa shape index (κ2) is 5.36. The number of hydrogen-bond acceptors (Lipinski definition) is 3. The van der Waals surface area contributed by atoms with E-state index in [1.807, 2.05) is 0 Å². The number of benzene rings is 1. The minimum Gasteiger partial charge on any atom is -0.379 e. The second-order valence-electron chi connectivity index (χ2n) is 5.13. The summed E-state index contributed by atoms with van der Waals surface area (Å²) >= 11 is 5.81.